The average molecular weight is 381 g/mol. The number of alkyl halides is 3. The molecular formula is C22H30F3NO. The molecule has 27 heavy (non-hydrogen) atoms. The summed E-state index contributed by atoms with van der Waals surface area (Å²) in [5, 5.41) is 2.17. The van der Waals surface area contributed by atoms with Crippen LogP contribution in [0.15, 0.2) is 18.2 Å². The predicted molar refractivity (Wildman–Crippen MR) is 101 cm³/mol. The summed E-state index contributed by atoms with van der Waals surface area (Å²) in [6.45, 7) is 8.80. The Bertz CT molecular complexity index is 727. The Hall–Kier alpha value is -1.52. The third kappa shape index (κ3) is 3.62. The minimum Gasteiger partial charge on any atom is -0.348 e. The lowest BCUT2D eigenvalue weighted by molar-refractivity contribution is -0.174. The zero-order valence-corrected chi connectivity index (χ0v) is 16.7. The van der Waals surface area contributed by atoms with Gasteiger partial charge in [-0.1, -0.05) is 52.3 Å². The summed E-state index contributed by atoms with van der Waals surface area (Å²) >= 11 is 0. The highest BCUT2D eigenvalue weighted by atomic mass is 19.4. The number of fused-ring (bicyclic) bond motifs is 3. The van der Waals surface area contributed by atoms with Gasteiger partial charge in [-0.3, -0.25) is 4.79 Å². The lowest BCUT2D eigenvalue weighted by Crippen LogP contribution is -2.54. The number of carbonyl (C=O) groups is 1. The maximum Gasteiger partial charge on any atom is 0.471 e. The van der Waals surface area contributed by atoms with Gasteiger partial charge in [-0.25, -0.2) is 0 Å². The zero-order chi connectivity index (χ0) is 20.0. The van der Waals surface area contributed by atoms with Crippen molar-refractivity contribution < 1.29 is 18.0 Å². The molecule has 150 valence electrons. The van der Waals surface area contributed by atoms with Crippen molar-refractivity contribution in [2.45, 2.75) is 77.3 Å². The summed E-state index contributed by atoms with van der Waals surface area (Å²) in [7, 11) is 0. The maximum atomic E-state index is 12.6. The molecule has 0 spiro atoms. The van der Waals surface area contributed by atoms with E-state index in [0.29, 0.717) is 5.92 Å². The number of carbonyl (C=O) groups excluding carboxylic acids is 1. The molecule has 2 nitrogen and oxygen atoms in total. The van der Waals surface area contributed by atoms with Gasteiger partial charge in [0.05, 0.1) is 0 Å². The fourth-order valence-corrected chi connectivity index (χ4v) is 5.60. The summed E-state index contributed by atoms with van der Waals surface area (Å²) in [6.07, 6.45) is -0.0286. The van der Waals surface area contributed by atoms with Crippen LogP contribution in [0.5, 0.6) is 0 Å². The quantitative estimate of drug-likeness (QED) is 0.736. The lowest BCUT2D eigenvalue weighted by Gasteiger charge is -2.55. The Morgan fingerprint density at radius 3 is 2.59 bits per heavy atom. The molecule has 0 aliphatic heterocycles. The van der Waals surface area contributed by atoms with E-state index in [2.05, 4.69) is 51.2 Å². The van der Waals surface area contributed by atoms with Crippen molar-refractivity contribution in [2.75, 3.05) is 6.54 Å². The highest BCUT2D eigenvalue weighted by Gasteiger charge is 2.52. The van der Waals surface area contributed by atoms with Crippen molar-refractivity contribution >= 4 is 5.91 Å². The van der Waals surface area contributed by atoms with Gasteiger partial charge in [0.1, 0.15) is 0 Å². The molecule has 0 unspecified atom stereocenters. The molecule has 3 rings (SSSR count). The van der Waals surface area contributed by atoms with Gasteiger partial charge >= 0.3 is 12.1 Å². The Balaban J connectivity index is 1.88. The van der Waals surface area contributed by atoms with Crippen molar-refractivity contribution in [3.63, 3.8) is 0 Å². The molecule has 5 heteroatoms. The minimum atomic E-state index is -4.82. The third-order valence-corrected chi connectivity index (χ3v) is 7.08. The van der Waals surface area contributed by atoms with E-state index in [1.165, 1.54) is 16.7 Å². The molecule has 1 amide bonds. The summed E-state index contributed by atoms with van der Waals surface area (Å²) in [5.41, 5.74) is 3.73. The largest absolute Gasteiger partial charge is 0.471 e. The third-order valence-electron chi connectivity index (χ3n) is 7.08. The first-order valence-corrected chi connectivity index (χ1v) is 9.96. The number of amides is 1. The van der Waals surface area contributed by atoms with E-state index in [9.17, 15) is 18.0 Å². The van der Waals surface area contributed by atoms with Crippen LogP contribution in [0, 0.1) is 11.3 Å². The van der Waals surface area contributed by atoms with Crippen LogP contribution >= 0.6 is 0 Å². The molecule has 3 atom stereocenters. The standard InChI is InChI=1S/C22H30F3NO/c1-14(2)15-6-8-17-16(12-15)7-9-18-20(3,10-5-11-21(17,18)4)13-26-19(27)22(23,24)25/h6,8,12,14,18H,5,7,9-11,13H2,1-4H3,(H,26,27)/t18-,20-,21+/m0/s1. The summed E-state index contributed by atoms with van der Waals surface area (Å²) < 4.78 is 37.9. The van der Waals surface area contributed by atoms with Gasteiger partial charge in [-0.2, -0.15) is 13.2 Å². The Labute approximate surface area is 159 Å². The second kappa shape index (κ2) is 6.82. The van der Waals surface area contributed by atoms with Crippen molar-refractivity contribution in [3.05, 3.63) is 34.9 Å². The van der Waals surface area contributed by atoms with Gasteiger partial charge in [0, 0.05) is 6.54 Å². The van der Waals surface area contributed by atoms with Crippen LogP contribution in [-0.4, -0.2) is 18.6 Å². The number of halogens is 3. The van der Waals surface area contributed by atoms with Crippen LogP contribution in [0.25, 0.3) is 0 Å². The van der Waals surface area contributed by atoms with Crippen LogP contribution in [0.4, 0.5) is 13.2 Å². The molecule has 0 radical (unpaired) electrons. The molecule has 0 aromatic heterocycles. The number of benzene rings is 1. The van der Waals surface area contributed by atoms with Crippen LogP contribution < -0.4 is 5.32 Å². The smallest absolute Gasteiger partial charge is 0.348 e. The molecule has 0 bridgehead atoms. The first-order valence-electron chi connectivity index (χ1n) is 9.96. The van der Waals surface area contributed by atoms with Crippen molar-refractivity contribution in [3.8, 4) is 0 Å². The van der Waals surface area contributed by atoms with Gasteiger partial charge in [0.25, 0.3) is 0 Å². The van der Waals surface area contributed by atoms with Gasteiger partial charge in [0.2, 0.25) is 0 Å². The Morgan fingerprint density at radius 2 is 1.96 bits per heavy atom. The Kier molecular flexibility index (Phi) is 5.11. The number of aryl methyl sites for hydroxylation is 1. The maximum absolute atomic E-state index is 12.6. The van der Waals surface area contributed by atoms with E-state index in [-0.39, 0.29) is 23.3 Å². The van der Waals surface area contributed by atoms with Gasteiger partial charge in [0.15, 0.2) is 0 Å². The molecule has 2 aliphatic rings. The number of hydrogen-bond acceptors (Lipinski definition) is 1. The predicted octanol–water partition coefficient (Wildman–Crippen LogP) is 5.50. The number of rotatable bonds is 3. The first kappa shape index (κ1) is 20.2. The second-order valence-electron chi connectivity index (χ2n) is 9.27. The van der Waals surface area contributed by atoms with E-state index in [0.717, 1.165) is 32.1 Å². The van der Waals surface area contributed by atoms with E-state index in [1.807, 2.05) is 0 Å². The van der Waals surface area contributed by atoms with E-state index < -0.39 is 12.1 Å². The van der Waals surface area contributed by atoms with Crippen molar-refractivity contribution in [1.82, 2.24) is 5.32 Å². The average Bonchev–Trinajstić information content (AvgIpc) is 2.58. The lowest BCUT2D eigenvalue weighted by atomic mass is 9.49. The monoisotopic (exact) mass is 381 g/mol. The highest BCUT2D eigenvalue weighted by molar-refractivity contribution is 5.81. The summed E-state index contributed by atoms with van der Waals surface area (Å²) in [6, 6.07) is 6.77. The van der Waals surface area contributed by atoms with Crippen molar-refractivity contribution in [1.29, 1.82) is 0 Å². The molecule has 1 fully saturated rings. The van der Waals surface area contributed by atoms with Gasteiger partial charge in [-0.05, 0) is 65.0 Å². The molecule has 1 N–H and O–H groups in total. The topological polar surface area (TPSA) is 29.1 Å². The van der Waals surface area contributed by atoms with Crippen molar-refractivity contribution in [2.24, 2.45) is 11.3 Å². The normalized spacial score (nSPS) is 30.6. The second-order valence-corrected chi connectivity index (χ2v) is 9.27. The fraction of sp³-hybridized carbons (Fsp3) is 0.682. The molecule has 1 aromatic carbocycles. The van der Waals surface area contributed by atoms with Crippen LogP contribution in [-0.2, 0) is 16.6 Å². The van der Waals surface area contributed by atoms with E-state index in [1.54, 1.807) is 0 Å². The molecule has 0 saturated heterocycles. The van der Waals surface area contributed by atoms with Gasteiger partial charge in [-0.15, -0.1) is 0 Å². The molecule has 2 aliphatic carbocycles. The molecule has 0 heterocycles. The zero-order valence-electron chi connectivity index (χ0n) is 16.7. The highest BCUT2D eigenvalue weighted by Crippen LogP contribution is 2.57. The van der Waals surface area contributed by atoms with Crippen LogP contribution in [0.2, 0.25) is 0 Å². The summed E-state index contributed by atoms with van der Waals surface area (Å²) in [4.78, 5) is 11.4. The number of nitrogens with one attached hydrogen (secondary N) is 1. The van der Waals surface area contributed by atoms with Gasteiger partial charge < -0.3 is 5.32 Å². The number of hydrogen-bond donors (Lipinski definition) is 1. The van der Waals surface area contributed by atoms with E-state index >= 15 is 0 Å². The van der Waals surface area contributed by atoms with E-state index in [4.69, 9.17) is 0 Å². The fourth-order valence-electron chi connectivity index (χ4n) is 5.60. The molecule has 1 saturated carbocycles. The molecule has 1 aromatic rings. The van der Waals surface area contributed by atoms with Crippen LogP contribution in [0.3, 0.4) is 0 Å². The summed E-state index contributed by atoms with van der Waals surface area (Å²) in [5.74, 6) is -1.08. The minimum absolute atomic E-state index is 0.0426. The first-order chi connectivity index (χ1) is 12.5. The Morgan fingerprint density at radius 1 is 1.26 bits per heavy atom. The SMILES string of the molecule is CC(C)c1ccc2c(c1)CC[C@H]1[C@](C)(CNC(=O)C(F)(F)F)CCC[C@]21C. The molecular weight excluding hydrogens is 351 g/mol. The van der Waals surface area contributed by atoms with Crippen LogP contribution in [0.1, 0.15) is 76.0 Å².